The number of aromatic amines is 1. The van der Waals surface area contributed by atoms with Crippen LogP contribution in [0.5, 0.6) is 5.75 Å². The van der Waals surface area contributed by atoms with E-state index in [0.717, 1.165) is 0 Å². The molecule has 8 heteroatoms. The van der Waals surface area contributed by atoms with E-state index >= 15 is 0 Å². The number of benzene rings is 1. The Balaban J connectivity index is 1.90. The number of aryl methyl sites for hydroxylation is 2. The summed E-state index contributed by atoms with van der Waals surface area (Å²) >= 11 is 0. The van der Waals surface area contributed by atoms with E-state index in [2.05, 4.69) is 15.6 Å². The van der Waals surface area contributed by atoms with Gasteiger partial charge in [-0.25, -0.2) is 4.79 Å². The van der Waals surface area contributed by atoms with Gasteiger partial charge in [-0.3, -0.25) is 14.9 Å². The number of carbonyl (C=O) groups is 2. The third-order valence-electron chi connectivity index (χ3n) is 5.01. The number of hydrogen-bond acceptors (Lipinski definition) is 5. The van der Waals surface area contributed by atoms with Crippen LogP contribution in [0.4, 0.5) is 10.5 Å². The molecule has 0 bridgehead atoms. The fourth-order valence-corrected chi connectivity index (χ4v) is 3.85. The molecule has 0 spiro atoms. The van der Waals surface area contributed by atoms with Gasteiger partial charge in [0, 0.05) is 23.4 Å². The number of anilines is 1. The van der Waals surface area contributed by atoms with Gasteiger partial charge in [0.2, 0.25) is 0 Å². The zero-order valence-corrected chi connectivity index (χ0v) is 19.6. The minimum Gasteiger partial charge on any atom is -0.487 e. The SMILES string of the molecule is Cc1cc(C)c(C(=O)N[C@@H]2CC(C)(C)Oc3ccc(NC(=O)OC(C)(C)C)cc32)c(=O)[nH]1. The molecule has 2 heterocycles. The van der Waals surface area contributed by atoms with E-state index in [9.17, 15) is 14.4 Å². The molecule has 3 rings (SSSR count). The van der Waals surface area contributed by atoms with Gasteiger partial charge >= 0.3 is 6.09 Å². The fraction of sp³-hybridized carbons (Fsp3) is 0.458. The first-order valence-electron chi connectivity index (χ1n) is 10.6. The highest BCUT2D eigenvalue weighted by molar-refractivity contribution is 5.95. The van der Waals surface area contributed by atoms with Crippen molar-refractivity contribution >= 4 is 17.7 Å². The quantitative estimate of drug-likeness (QED) is 0.655. The van der Waals surface area contributed by atoms with Gasteiger partial charge in [0.05, 0.1) is 6.04 Å². The summed E-state index contributed by atoms with van der Waals surface area (Å²) in [5.74, 6) is 0.152. The molecule has 0 unspecified atom stereocenters. The molecule has 8 nitrogen and oxygen atoms in total. The second-order valence-electron chi connectivity index (χ2n) is 9.81. The van der Waals surface area contributed by atoms with Crippen LogP contribution in [0, 0.1) is 13.8 Å². The lowest BCUT2D eigenvalue weighted by Crippen LogP contribution is -2.42. The molecule has 2 aromatic rings. The van der Waals surface area contributed by atoms with Crippen molar-refractivity contribution in [2.24, 2.45) is 0 Å². The second-order valence-corrected chi connectivity index (χ2v) is 9.81. The maximum atomic E-state index is 13.0. The van der Waals surface area contributed by atoms with Crippen LogP contribution in [0.1, 0.15) is 74.3 Å². The Morgan fingerprint density at radius 2 is 1.88 bits per heavy atom. The van der Waals surface area contributed by atoms with Crippen LogP contribution in [0.25, 0.3) is 0 Å². The van der Waals surface area contributed by atoms with Crippen LogP contribution in [-0.2, 0) is 4.74 Å². The molecule has 0 fully saturated rings. The Labute approximate surface area is 187 Å². The standard InChI is InChI=1S/C24H31N3O5/c1-13-10-14(2)25-20(28)19(13)21(29)27-17-12-24(6,7)31-18-9-8-15(11-16(17)18)26-22(30)32-23(3,4)5/h8-11,17H,12H2,1-7H3,(H,25,28)(H,26,30)(H,27,29)/t17-/m1/s1. The van der Waals surface area contributed by atoms with E-state index in [1.807, 2.05) is 13.8 Å². The van der Waals surface area contributed by atoms with Crippen LogP contribution >= 0.6 is 0 Å². The lowest BCUT2D eigenvalue weighted by atomic mass is 9.89. The first-order chi connectivity index (χ1) is 14.7. The molecular formula is C24H31N3O5. The number of ether oxygens (including phenoxy) is 2. The Morgan fingerprint density at radius 3 is 2.50 bits per heavy atom. The van der Waals surface area contributed by atoms with Crippen LogP contribution in [-0.4, -0.2) is 28.2 Å². The first-order valence-corrected chi connectivity index (χ1v) is 10.6. The smallest absolute Gasteiger partial charge is 0.412 e. The van der Waals surface area contributed by atoms with Crippen molar-refractivity contribution in [2.45, 2.75) is 72.1 Å². The van der Waals surface area contributed by atoms with Gasteiger partial charge in [0.1, 0.15) is 22.5 Å². The van der Waals surface area contributed by atoms with Crippen molar-refractivity contribution in [3.8, 4) is 5.75 Å². The van der Waals surface area contributed by atoms with Crippen molar-refractivity contribution in [2.75, 3.05) is 5.32 Å². The van der Waals surface area contributed by atoms with Crippen LogP contribution in [0.3, 0.4) is 0 Å². The summed E-state index contributed by atoms with van der Waals surface area (Å²) in [5, 5.41) is 5.70. The van der Waals surface area contributed by atoms with E-state index in [0.29, 0.717) is 34.7 Å². The van der Waals surface area contributed by atoms with Gasteiger partial charge in [0.15, 0.2) is 0 Å². The molecule has 1 aromatic carbocycles. The first kappa shape index (κ1) is 23.4. The van der Waals surface area contributed by atoms with E-state index in [1.54, 1.807) is 58.9 Å². The average molecular weight is 442 g/mol. The third-order valence-corrected chi connectivity index (χ3v) is 5.01. The minimum atomic E-state index is -0.624. The van der Waals surface area contributed by atoms with Crippen molar-refractivity contribution in [1.82, 2.24) is 10.3 Å². The summed E-state index contributed by atoms with van der Waals surface area (Å²) in [5.41, 5.74) is 1.05. The number of carbonyl (C=O) groups excluding carboxylic acids is 2. The Kier molecular flexibility index (Phi) is 6.09. The summed E-state index contributed by atoms with van der Waals surface area (Å²) in [6, 6.07) is 6.58. The van der Waals surface area contributed by atoms with Crippen LogP contribution in [0.15, 0.2) is 29.1 Å². The lowest BCUT2D eigenvalue weighted by molar-refractivity contribution is 0.0608. The summed E-state index contributed by atoms with van der Waals surface area (Å²) < 4.78 is 11.4. The van der Waals surface area contributed by atoms with Gasteiger partial charge < -0.3 is 19.8 Å². The van der Waals surface area contributed by atoms with Crippen LogP contribution < -0.4 is 20.9 Å². The molecule has 1 aliphatic rings. The van der Waals surface area contributed by atoms with E-state index in [-0.39, 0.29) is 5.56 Å². The molecule has 3 N–H and O–H groups in total. The summed E-state index contributed by atoms with van der Waals surface area (Å²) in [4.78, 5) is 40.3. The predicted octanol–water partition coefficient (Wildman–Crippen LogP) is 4.37. The van der Waals surface area contributed by atoms with E-state index < -0.39 is 34.8 Å². The molecule has 2 amide bonds. The van der Waals surface area contributed by atoms with Gasteiger partial charge in [-0.05, 0) is 78.3 Å². The molecule has 0 aliphatic carbocycles. The molecule has 1 aliphatic heterocycles. The number of nitrogens with one attached hydrogen (secondary N) is 3. The third kappa shape index (κ3) is 5.49. The molecule has 172 valence electrons. The maximum Gasteiger partial charge on any atom is 0.412 e. The molecule has 32 heavy (non-hydrogen) atoms. The molecule has 1 aromatic heterocycles. The minimum absolute atomic E-state index is 0.0875. The number of aromatic nitrogens is 1. The molecule has 1 atom stereocenters. The Morgan fingerprint density at radius 1 is 1.19 bits per heavy atom. The number of hydrogen-bond donors (Lipinski definition) is 3. The van der Waals surface area contributed by atoms with Gasteiger partial charge in [-0.15, -0.1) is 0 Å². The molecular weight excluding hydrogens is 410 g/mol. The Bertz CT molecular complexity index is 1110. The number of H-pyrrole nitrogens is 1. The number of pyridine rings is 1. The summed E-state index contributed by atoms with van der Waals surface area (Å²) in [7, 11) is 0. The molecule has 0 radical (unpaired) electrons. The van der Waals surface area contributed by atoms with Crippen molar-refractivity contribution in [3.63, 3.8) is 0 Å². The largest absolute Gasteiger partial charge is 0.487 e. The summed E-state index contributed by atoms with van der Waals surface area (Å²) in [6.07, 6.45) is -0.0818. The van der Waals surface area contributed by atoms with Gasteiger partial charge in [-0.1, -0.05) is 0 Å². The van der Waals surface area contributed by atoms with Gasteiger partial charge in [0.25, 0.3) is 11.5 Å². The average Bonchev–Trinajstić information content (AvgIpc) is 2.58. The lowest BCUT2D eigenvalue weighted by Gasteiger charge is -2.38. The highest BCUT2D eigenvalue weighted by Gasteiger charge is 2.35. The van der Waals surface area contributed by atoms with Crippen molar-refractivity contribution < 1.29 is 19.1 Å². The normalized spacial score (nSPS) is 17.0. The zero-order valence-electron chi connectivity index (χ0n) is 19.6. The number of fused-ring (bicyclic) bond motifs is 1. The monoisotopic (exact) mass is 441 g/mol. The summed E-state index contributed by atoms with van der Waals surface area (Å²) in [6.45, 7) is 12.7. The maximum absolute atomic E-state index is 13.0. The van der Waals surface area contributed by atoms with Crippen LogP contribution in [0.2, 0.25) is 0 Å². The van der Waals surface area contributed by atoms with E-state index in [1.165, 1.54) is 0 Å². The number of amides is 2. The van der Waals surface area contributed by atoms with E-state index in [4.69, 9.17) is 9.47 Å². The zero-order chi connectivity index (χ0) is 23.8. The highest BCUT2D eigenvalue weighted by Crippen LogP contribution is 2.41. The molecule has 0 saturated heterocycles. The fourth-order valence-electron chi connectivity index (χ4n) is 3.85. The molecule has 0 saturated carbocycles. The number of rotatable bonds is 3. The second kappa shape index (κ2) is 8.33. The van der Waals surface area contributed by atoms with Crippen molar-refractivity contribution in [1.29, 1.82) is 0 Å². The van der Waals surface area contributed by atoms with Gasteiger partial charge in [-0.2, -0.15) is 0 Å². The topological polar surface area (TPSA) is 110 Å². The predicted molar refractivity (Wildman–Crippen MR) is 122 cm³/mol. The highest BCUT2D eigenvalue weighted by atomic mass is 16.6. The van der Waals surface area contributed by atoms with Crippen molar-refractivity contribution in [3.05, 3.63) is 57.0 Å². The Hall–Kier alpha value is -3.29.